The molecule has 0 radical (unpaired) electrons. The van der Waals surface area contributed by atoms with E-state index < -0.39 is 0 Å². The molecule has 74 valence electrons. The first-order valence-electron chi connectivity index (χ1n) is 5.23. The molecule has 0 bridgehead atoms. The lowest BCUT2D eigenvalue weighted by molar-refractivity contribution is 0.229. The highest BCUT2D eigenvalue weighted by Gasteiger charge is 2.23. The standard InChI is InChI=1S/C11H24S/c1-5-8-11(6-2,7-3)9-10-12-4/h5-10H2,1-4H3. The summed E-state index contributed by atoms with van der Waals surface area (Å²) in [6, 6.07) is 0. The average molecular weight is 188 g/mol. The van der Waals surface area contributed by atoms with Crippen LogP contribution in [0.25, 0.3) is 0 Å². The van der Waals surface area contributed by atoms with Gasteiger partial charge in [-0.05, 0) is 30.3 Å². The maximum atomic E-state index is 2.35. The second-order valence-corrected chi connectivity index (χ2v) is 4.69. The van der Waals surface area contributed by atoms with Gasteiger partial charge in [0, 0.05) is 0 Å². The van der Waals surface area contributed by atoms with Crippen LogP contribution in [0.4, 0.5) is 0 Å². The summed E-state index contributed by atoms with van der Waals surface area (Å²) in [5, 5.41) is 0. The van der Waals surface area contributed by atoms with E-state index in [0.717, 1.165) is 0 Å². The Balaban J connectivity index is 3.95. The van der Waals surface area contributed by atoms with Crippen LogP contribution in [-0.4, -0.2) is 12.0 Å². The molecule has 0 aliphatic rings. The van der Waals surface area contributed by atoms with Gasteiger partial charge in [-0.3, -0.25) is 0 Å². The first-order chi connectivity index (χ1) is 5.74. The second-order valence-electron chi connectivity index (χ2n) is 3.70. The van der Waals surface area contributed by atoms with E-state index in [1.165, 1.54) is 37.9 Å². The molecule has 0 spiro atoms. The summed E-state index contributed by atoms with van der Waals surface area (Å²) in [5.41, 5.74) is 0.664. The fourth-order valence-electron chi connectivity index (χ4n) is 1.93. The molecule has 0 unspecified atom stereocenters. The van der Waals surface area contributed by atoms with Crippen molar-refractivity contribution in [2.24, 2.45) is 5.41 Å². The van der Waals surface area contributed by atoms with Gasteiger partial charge in [-0.25, -0.2) is 0 Å². The van der Waals surface area contributed by atoms with Crippen LogP contribution in [0.2, 0.25) is 0 Å². The van der Waals surface area contributed by atoms with Crippen molar-refractivity contribution in [1.82, 2.24) is 0 Å². The summed E-state index contributed by atoms with van der Waals surface area (Å²) >= 11 is 1.99. The van der Waals surface area contributed by atoms with E-state index in [9.17, 15) is 0 Å². The van der Waals surface area contributed by atoms with E-state index in [2.05, 4.69) is 27.0 Å². The van der Waals surface area contributed by atoms with Crippen molar-refractivity contribution in [2.75, 3.05) is 12.0 Å². The molecule has 0 N–H and O–H groups in total. The van der Waals surface area contributed by atoms with Gasteiger partial charge in [0.25, 0.3) is 0 Å². The van der Waals surface area contributed by atoms with Gasteiger partial charge in [-0.2, -0.15) is 11.8 Å². The zero-order valence-corrected chi connectivity index (χ0v) is 9.97. The van der Waals surface area contributed by atoms with Crippen LogP contribution in [0.1, 0.15) is 52.9 Å². The van der Waals surface area contributed by atoms with Gasteiger partial charge in [0.2, 0.25) is 0 Å². The molecule has 0 aromatic rings. The molecular weight excluding hydrogens is 164 g/mol. The van der Waals surface area contributed by atoms with Crippen LogP contribution in [0.3, 0.4) is 0 Å². The third-order valence-electron chi connectivity index (χ3n) is 3.12. The van der Waals surface area contributed by atoms with E-state index >= 15 is 0 Å². The van der Waals surface area contributed by atoms with Crippen molar-refractivity contribution in [3.05, 3.63) is 0 Å². The molecule has 0 aliphatic heterocycles. The van der Waals surface area contributed by atoms with Crippen LogP contribution < -0.4 is 0 Å². The number of thioether (sulfide) groups is 1. The number of rotatable bonds is 7. The summed E-state index contributed by atoms with van der Waals surface area (Å²) in [5.74, 6) is 1.34. The van der Waals surface area contributed by atoms with Gasteiger partial charge in [-0.1, -0.05) is 40.0 Å². The summed E-state index contributed by atoms with van der Waals surface area (Å²) in [7, 11) is 0. The van der Waals surface area contributed by atoms with E-state index in [0.29, 0.717) is 5.41 Å². The highest BCUT2D eigenvalue weighted by molar-refractivity contribution is 7.98. The first kappa shape index (κ1) is 12.3. The fraction of sp³-hybridized carbons (Fsp3) is 1.00. The third kappa shape index (κ3) is 3.84. The van der Waals surface area contributed by atoms with E-state index in [1.54, 1.807) is 0 Å². The average Bonchev–Trinajstić information content (AvgIpc) is 2.13. The fourth-order valence-corrected chi connectivity index (χ4v) is 2.57. The Labute approximate surface area is 82.5 Å². The topological polar surface area (TPSA) is 0 Å². The lowest BCUT2D eigenvalue weighted by Crippen LogP contribution is -2.19. The van der Waals surface area contributed by atoms with E-state index in [1.807, 2.05) is 11.8 Å². The van der Waals surface area contributed by atoms with Gasteiger partial charge in [0.05, 0.1) is 0 Å². The van der Waals surface area contributed by atoms with Gasteiger partial charge < -0.3 is 0 Å². The van der Waals surface area contributed by atoms with Crippen LogP contribution >= 0.6 is 11.8 Å². The van der Waals surface area contributed by atoms with Gasteiger partial charge in [0.1, 0.15) is 0 Å². The second kappa shape index (κ2) is 6.82. The zero-order valence-electron chi connectivity index (χ0n) is 9.15. The Bertz CT molecular complexity index is 95.2. The largest absolute Gasteiger partial charge is 0.165 e. The molecule has 0 amide bonds. The van der Waals surface area contributed by atoms with E-state index in [4.69, 9.17) is 0 Å². The van der Waals surface area contributed by atoms with Gasteiger partial charge in [0.15, 0.2) is 0 Å². The molecule has 0 aliphatic carbocycles. The quantitative estimate of drug-likeness (QED) is 0.572. The summed E-state index contributed by atoms with van der Waals surface area (Å²) < 4.78 is 0. The highest BCUT2D eigenvalue weighted by Crippen LogP contribution is 2.36. The molecule has 0 aromatic carbocycles. The lowest BCUT2D eigenvalue weighted by atomic mass is 9.76. The summed E-state index contributed by atoms with van der Waals surface area (Å²) in [4.78, 5) is 0. The number of hydrogen-bond acceptors (Lipinski definition) is 1. The van der Waals surface area contributed by atoms with Crippen LogP contribution in [-0.2, 0) is 0 Å². The zero-order chi connectivity index (χ0) is 9.45. The van der Waals surface area contributed by atoms with Gasteiger partial charge in [-0.15, -0.1) is 0 Å². The molecule has 1 heteroatoms. The Hall–Kier alpha value is 0.350. The highest BCUT2D eigenvalue weighted by atomic mass is 32.2. The van der Waals surface area contributed by atoms with Crippen LogP contribution in [0.15, 0.2) is 0 Å². The van der Waals surface area contributed by atoms with Crippen LogP contribution in [0, 0.1) is 5.41 Å². The minimum Gasteiger partial charge on any atom is -0.165 e. The Morgan fingerprint density at radius 3 is 1.92 bits per heavy atom. The maximum Gasteiger partial charge on any atom is -0.00650 e. The van der Waals surface area contributed by atoms with Gasteiger partial charge >= 0.3 is 0 Å². The molecule has 0 heterocycles. The van der Waals surface area contributed by atoms with Crippen molar-refractivity contribution in [3.8, 4) is 0 Å². The predicted molar refractivity (Wildman–Crippen MR) is 60.9 cm³/mol. The summed E-state index contributed by atoms with van der Waals surface area (Å²) in [6.45, 7) is 7.00. The van der Waals surface area contributed by atoms with Crippen LogP contribution in [0.5, 0.6) is 0 Å². The molecule has 0 fully saturated rings. The summed E-state index contributed by atoms with van der Waals surface area (Å²) in [6.07, 6.45) is 9.10. The minimum atomic E-state index is 0.664. The molecule has 0 aromatic heterocycles. The first-order valence-corrected chi connectivity index (χ1v) is 6.63. The minimum absolute atomic E-state index is 0.664. The Morgan fingerprint density at radius 2 is 1.58 bits per heavy atom. The predicted octanol–water partition coefficient (Wildman–Crippen LogP) is 4.35. The molecule has 0 nitrogen and oxygen atoms in total. The van der Waals surface area contributed by atoms with Crippen molar-refractivity contribution in [3.63, 3.8) is 0 Å². The Morgan fingerprint density at radius 1 is 1.00 bits per heavy atom. The Kier molecular flexibility index (Phi) is 7.02. The normalized spacial score (nSPS) is 12.0. The molecule has 0 rings (SSSR count). The maximum absolute atomic E-state index is 2.35. The van der Waals surface area contributed by atoms with Crippen molar-refractivity contribution < 1.29 is 0 Å². The smallest absolute Gasteiger partial charge is 0.00650 e. The lowest BCUT2D eigenvalue weighted by Gasteiger charge is -2.31. The number of hydrogen-bond donors (Lipinski definition) is 0. The van der Waals surface area contributed by atoms with Crippen molar-refractivity contribution in [2.45, 2.75) is 52.9 Å². The molecule has 0 saturated heterocycles. The molecule has 0 atom stereocenters. The molecular formula is C11H24S. The monoisotopic (exact) mass is 188 g/mol. The molecule has 0 saturated carbocycles. The third-order valence-corrected chi connectivity index (χ3v) is 3.73. The SMILES string of the molecule is CCCC(CC)(CC)CCSC. The van der Waals surface area contributed by atoms with Crippen molar-refractivity contribution in [1.29, 1.82) is 0 Å². The van der Waals surface area contributed by atoms with E-state index in [-0.39, 0.29) is 0 Å². The molecule has 12 heavy (non-hydrogen) atoms. The van der Waals surface area contributed by atoms with Crippen molar-refractivity contribution >= 4 is 11.8 Å².